The molecule has 0 saturated heterocycles. The summed E-state index contributed by atoms with van der Waals surface area (Å²) in [5.41, 5.74) is 6.80. The summed E-state index contributed by atoms with van der Waals surface area (Å²) in [6.45, 7) is 2.13. The van der Waals surface area contributed by atoms with E-state index in [-0.39, 0.29) is 12.5 Å². The summed E-state index contributed by atoms with van der Waals surface area (Å²) in [4.78, 5) is 11.6. The van der Waals surface area contributed by atoms with Gasteiger partial charge in [0.1, 0.15) is 5.41 Å². The average molecular weight is 219 g/mol. The van der Waals surface area contributed by atoms with E-state index in [1.165, 1.54) is 0 Å². The van der Waals surface area contributed by atoms with Crippen molar-refractivity contribution in [2.45, 2.75) is 25.2 Å². The monoisotopic (exact) mass is 219 g/mol. The lowest BCUT2D eigenvalue weighted by Crippen LogP contribution is -2.45. The van der Waals surface area contributed by atoms with Crippen LogP contribution in [0.15, 0.2) is 24.3 Å². The number of aliphatic carboxylic acids is 1. The Labute approximate surface area is 95.3 Å². The maximum Gasteiger partial charge on any atom is 0.315 e. The number of hydrogen-bond acceptors (Lipinski definition) is 2. The van der Waals surface area contributed by atoms with E-state index in [0.717, 1.165) is 24.0 Å². The molecule has 3 heteroatoms. The quantitative estimate of drug-likeness (QED) is 0.810. The molecule has 1 fully saturated rings. The van der Waals surface area contributed by atoms with Crippen molar-refractivity contribution in [2.24, 2.45) is 11.7 Å². The van der Waals surface area contributed by atoms with Gasteiger partial charge in [0.15, 0.2) is 0 Å². The normalized spacial score (nSPS) is 19.1. The summed E-state index contributed by atoms with van der Waals surface area (Å²) < 4.78 is 0. The van der Waals surface area contributed by atoms with Crippen molar-refractivity contribution in [3.8, 4) is 0 Å². The van der Waals surface area contributed by atoms with E-state index in [4.69, 9.17) is 5.73 Å². The van der Waals surface area contributed by atoms with Gasteiger partial charge < -0.3 is 10.8 Å². The molecule has 3 nitrogen and oxygen atoms in total. The van der Waals surface area contributed by atoms with Crippen LogP contribution >= 0.6 is 0 Å². The van der Waals surface area contributed by atoms with E-state index in [0.29, 0.717) is 0 Å². The molecule has 2 rings (SSSR count). The molecule has 0 spiro atoms. The van der Waals surface area contributed by atoms with Gasteiger partial charge in [-0.2, -0.15) is 0 Å². The molecule has 0 bridgehead atoms. The minimum Gasteiger partial charge on any atom is -0.481 e. The number of carboxylic acids is 1. The van der Waals surface area contributed by atoms with Crippen molar-refractivity contribution in [2.75, 3.05) is 6.54 Å². The molecule has 0 amide bonds. The highest BCUT2D eigenvalue weighted by Gasteiger charge is 2.51. The van der Waals surface area contributed by atoms with Gasteiger partial charge in [-0.1, -0.05) is 24.3 Å². The van der Waals surface area contributed by atoms with Gasteiger partial charge in [0.05, 0.1) is 0 Å². The molecule has 1 aliphatic carbocycles. The fraction of sp³-hybridized carbons (Fsp3) is 0.462. The molecule has 16 heavy (non-hydrogen) atoms. The molecule has 1 saturated carbocycles. The second kappa shape index (κ2) is 3.91. The zero-order valence-corrected chi connectivity index (χ0v) is 9.44. The molecule has 3 N–H and O–H groups in total. The van der Waals surface area contributed by atoms with Crippen molar-refractivity contribution in [3.05, 3.63) is 35.4 Å². The van der Waals surface area contributed by atoms with E-state index in [2.05, 4.69) is 0 Å². The molecule has 0 radical (unpaired) electrons. The Morgan fingerprint density at radius 1 is 1.50 bits per heavy atom. The summed E-state index contributed by atoms with van der Waals surface area (Å²) in [5, 5.41) is 9.53. The number of aryl methyl sites for hydroxylation is 1. The Bertz CT molecular complexity index is 412. The molecule has 0 aromatic heterocycles. The second-order valence-electron chi connectivity index (χ2n) is 4.57. The fourth-order valence-corrected chi connectivity index (χ4v) is 2.52. The summed E-state index contributed by atoms with van der Waals surface area (Å²) in [7, 11) is 0. The van der Waals surface area contributed by atoms with Gasteiger partial charge in [-0.25, -0.2) is 0 Å². The fourth-order valence-electron chi connectivity index (χ4n) is 2.52. The van der Waals surface area contributed by atoms with Crippen molar-refractivity contribution < 1.29 is 9.90 Å². The van der Waals surface area contributed by atoms with Gasteiger partial charge in [-0.15, -0.1) is 0 Å². The van der Waals surface area contributed by atoms with Crippen LogP contribution in [0.3, 0.4) is 0 Å². The van der Waals surface area contributed by atoms with Gasteiger partial charge in [-0.3, -0.25) is 4.79 Å². The van der Waals surface area contributed by atoms with Crippen molar-refractivity contribution in [3.63, 3.8) is 0 Å². The highest BCUT2D eigenvalue weighted by atomic mass is 16.4. The smallest absolute Gasteiger partial charge is 0.315 e. The molecular formula is C13H17NO2. The summed E-state index contributed by atoms with van der Waals surface area (Å²) in [6, 6.07) is 7.66. The minimum absolute atomic E-state index is 0.178. The third-order valence-electron chi connectivity index (χ3n) is 3.60. The lowest BCUT2D eigenvalue weighted by molar-refractivity contribution is -0.144. The zero-order valence-electron chi connectivity index (χ0n) is 9.44. The summed E-state index contributed by atoms with van der Waals surface area (Å²) in [6.07, 6.45) is 1.94. The van der Waals surface area contributed by atoms with E-state index < -0.39 is 11.4 Å². The average Bonchev–Trinajstić information content (AvgIpc) is 3.06. The van der Waals surface area contributed by atoms with Gasteiger partial charge in [-0.05, 0) is 36.8 Å². The van der Waals surface area contributed by atoms with Crippen LogP contribution in [0.4, 0.5) is 0 Å². The maximum atomic E-state index is 11.6. The van der Waals surface area contributed by atoms with Gasteiger partial charge in [0.25, 0.3) is 0 Å². The Hall–Kier alpha value is -1.35. The van der Waals surface area contributed by atoms with Crippen molar-refractivity contribution in [1.82, 2.24) is 0 Å². The third kappa shape index (κ3) is 1.52. The summed E-state index contributed by atoms with van der Waals surface area (Å²) >= 11 is 0. The number of benzene rings is 1. The molecule has 1 aromatic carbocycles. The first-order valence-corrected chi connectivity index (χ1v) is 5.62. The highest BCUT2D eigenvalue weighted by molar-refractivity contribution is 5.83. The first-order valence-electron chi connectivity index (χ1n) is 5.62. The van der Waals surface area contributed by atoms with Crippen LogP contribution in [-0.4, -0.2) is 17.6 Å². The van der Waals surface area contributed by atoms with E-state index in [1.54, 1.807) is 0 Å². The predicted octanol–water partition coefficient (Wildman–Crippen LogP) is 1.69. The largest absolute Gasteiger partial charge is 0.481 e. The van der Waals surface area contributed by atoms with Crippen molar-refractivity contribution in [1.29, 1.82) is 0 Å². The number of nitrogens with two attached hydrogens (primary N) is 1. The molecule has 0 heterocycles. The standard InChI is InChI=1S/C13H17NO2/c1-9-4-2-3-5-11(9)13(8-14,12(15)16)10-6-7-10/h2-5,10H,6-8,14H2,1H3,(H,15,16). The Morgan fingerprint density at radius 2 is 2.12 bits per heavy atom. The summed E-state index contributed by atoms with van der Waals surface area (Å²) in [5.74, 6) is -0.581. The first kappa shape index (κ1) is 11.1. The molecule has 86 valence electrons. The van der Waals surface area contributed by atoms with Crippen LogP contribution < -0.4 is 5.73 Å². The number of carbonyl (C=O) groups is 1. The van der Waals surface area contributed by atoms with Crippen LogP contribution in [0.2, 0.25) is 0 Å². The van der Waals surface area contributed by atoms with Crippen molar-refractivity contribution >= 4 is 5.97 Å². The minimum atomic E-state index is -0.870. The Kier molecular flexibility index (Phi) is 2.72. The highest BCUT2D eigenvalue weighted by Crippen LogP contribution is 2.47. The van der Waals surface area contributed by atoms with Crippen LogP contribution in [0, 0.1) is 12.8 Å². The Morgan fingerprint density at radius 3 is 2.56 bits per heavy atom. The van der Waals surface area contributed by atoms with Crippen LogP contribution in [-0.2, 0) is 10.2 Å². The van der Waals surface area contributed by atoms with Gasteiger partial charge in [0, 0.05) is 6.54 Å². The predicted molar refractivity (Wildman–Crippen MR) is 62.3 cm³/mol. The molecule has 1 atom stereocenters. The van der Waals surface area contributed by atoms with Crippen LogP contribution in [0.5, 0.6) is 0 Å². The zero-order chi connectivity index (χ0) is 11.8. The Balaban J connectivity index is 2.54. The van der Waals surface area contributed by atoms with E-state index in [1.807, 2.05) is 31.2 Å². The third-order valence-corrected chi connectivity index (χ3v) is 3.60. The number of rotatable bonds is 4. The van der Waals surface area contributed by atoms with Crippen LogP contribution in [0.1, 0.15) is 24.0 Å². The van der Waals surface area contributed by atoms with Gasteiger partial charge in [0.2, 0.25) is 0 Å². The molecule has 1 aliphatic rings. The van der Waals surface area contributed by atoms with E-state index >= 15 is 0 Å². The molecule has 1 aromatic rings. The lowest BCUT2D eigenvalue weighted by atomic mass is 9.74. The topological polar surface area (TPSA) is 63.3 Å². The maximum absolute atomic E-state index is 11.6. The first-order chi connectivity index (χ1) is 7.63. The lowest BCUT2D eigenvalue weighted by Gasteiger charge is -2.30. The van der Waals surface area contributed by atoms with Gasteiger partial charge >= 0.3 is 5.97 Å². The number of hydrogen-bond donors (Lipinski definition) is 2. The van der Waals surface area contributed by atoms with E-state index in [9.17, 15) is 9.90 Å². The molecular weight excluding hydrogens is 202 g/mol. The molecule has 0 aliphatic heterocycles. The SMILES string of the molecule is Cc1ccccc1C(CN)(C(=O)O)C1CC1. The molecule has 1 unspecified atom stereocenters. The van der Waals surface area contributed by atoms with Crippen LogP contribution in [0.25, 0.3) is 0 Å². The number of carboxylic acid groups (broad SMARTS) is 1. The second-order valence-corrected chi connectivity index (χ2v) is 4.57.